The van der Waals surface area contributed by atoms with Crippen molar-refractivity contribution < 1.29 is 23.2 Å². The number of hydrogen-bond donors (Lipinski definition) is 0. The summed E-state index contributed by atoms with van der Waals surface area (Å²) in [5, 5.41) is 18.0. The molecule has 7 nitrogen and oxygen atoms in total. The van der Waals surface area contributed by atoms with Gasteiger partial charge in [-0.25, -0.2) is 0 Å². The fourth-order valence-electron chi connectivity index (χ4n) is 2.24. The number of esters is 2. The second-order valence-electron chi connectivity index (χ2n) is 6.05. The predicted octanol–water partition coefficient (Wildman–Crippen LogP) is 3.21. The number of carbonyl (C=O) groups excluding carboxylic acids is 2. The topological polar surface area (TPSA) is 109 Å². The third kappa shape index (κ3) is 7.48. The van der Waals surface area contributed by atoms with E-state index >= 15 is 0 Å². The van der Waals surface area contributed by atoms with Crippen LogP contribution in [0.25, 0.3) is 0 Å². The molecule has 0 saturated carbocycles. The fourth-order valence-corrected chi connectivity index (χ4v) is 10.3. The minimum atomic E-state index is -2.64. The van der Waals surface area contributed by atoms with Crippen LogP contribution in [0.2, 0.25) is 26.2 Å². The number of rotatable bonds is 8. The summed E-state index contributed by atoms with van der Waals surface area (Å²) < 4.78 is 16.9. The summed E-state index contributed by atoms with van der Waals surface area (Å²) in [5.41, 5.74) is 0. The molecule has 136 valence electrons. The lowest BCUT2D eigenvalue weighted by molar-refractivity contribution is -0.138. The number of nitrogens with zero attached hydrogens (tertiary/aromatic N) is 2. The lowest BCUT2D eigenvalue weighted by Gasteiger charge is -2.35. The van der Waals surface area contributed by atoms with E-state index in [9.17, 15) is 9.59 Å². The number of nitriles is 2. The standard InChI is InChI=1S/C16H24N2O5Si2/c1-7-15(21-13(19)9-11-17)24(3,4)23-25(5,6)16(8-2)22-14(20)10-12-18/h7-8H,9-10H2,1-6H3/b15-7-,16-8-. The zero-order valence-corrected chi connectivity index (χ0v) is 17.5. The summed E-state index contributed by atoms with van der Waals surface area (Å²) in [6.07, 6.45) is 2.63. The number of allylic oxidation sites excluding steroid dienone is 2. The Labute approximate surface area is 150 Å². The molecule has 0 saturated heterocycles. The Bertz CT molecular complexity index is 598. The van der Waals surface area contributed by atoms with Crippen molar-refractivity contribution in [1.82, 2.24) is 0 Å². The Balaban J connectivity index is 5.33. The third-order valence-electron chi connectivity index (χ3n) is 3.12. The summed E-state index contributed by atoms with van der Waals surface area (Å²) in [5.74, 6) is -1.27. The van der Waals surface area contributed by atoms with Crippen LogP contribution >= 0.6 is 0 Å². The largest absolute Gasteiger partial charge is 0.445 e. The lowest BCUT2D eigenvalue weighted by Crippen LogP contribution is -2.49. The summed E-state index contributed by atoms with van der Waals surface area (Å²) in [4.78, 5) is 23.2. The van der Waals surface area contributed by atoms with Crippen molar-refractivity contribution in [3.05, 3.63) is 22.9 Å². The maximum Gasteiger partial charge on any atom is 0.324 e. The molecule has 0 radical (unpaired) electrons. The average molecular weight is 381 g/mol. The first-order chi connectivity index (χ1) is 11.5. The second-order valence-corrected chi connectivity index (χ2v) is 13.9. The van der Waals surface area contributed by atoms with Gasteiger partial charge in [0.25, 0.3) is 0 Å². The lowest BCUT2D eigenvalue weighted by atomic mass is 10.5. The molecule has 0 fully saturated rings. The fraction of sp³-hybridized carbons (Fsp3) is 0.500. The van der Waals surface area contributed by atoms with E-state index in [0.29, 0.717) is 10.8 Å². The molecule has 9 heteroatoms. The van der Waals surface area contributed by atoms with Crippen LogP contribution in [-0.4, -0.2) is 28.6 Å². The monoisotopic (exact) mass is 380 g/mol. The van der Waals surface area contributed by atoms with Gasteiger partial charge in [0, 0.05) is 0 Å². The van der Waals surface area contributed by atoms with Gasteiger partial charge in [0.15, 0.2) is 0 Å². The van der Waals surface area contributed by atoms with Crippen molar-refractivity contribution >= 4 is 28.6 Å². The van der Waals surface area contributed by atoms with Crippen molar-refractivity contribution in [3.8, 4) is 12.1 Å². The van der Waals surface area contributed by atoms with Crippen molar-refractivity contribution in [2.24, 2.45) is 0 Å². The van der Waals surface area contributed by atoms with Gasteiger partial charge in [0.05, 0.1) is 12.1 Å². The van der Waals surface area contributed by atoms with Gasteiger partial charge in [0.2, 0.25) is 16.6 Å². The minimum Gasteiger partial charge on any atom is -0.445 e. The van der Waals surface area contributed by atoms with Crippen LogP contribution in [0.4, 0.5) is 0 Å². The van der Waals surface area contributed by atoms with Crippen molar-refractivity contribution in [1.29, 1.82) is 10.5 Å². The van der Waals surface area contributed by atoms with Gasteiger partial charge in [-0.05, 0) is 40.0 Å². The molecule has 0 N–H and O–H groups in total. The zero-order valence-electron chi connectivity index (χ0n) is 15.5. The van der Waals surface area contributed by atoms with Crippen LogP contribution in [0.1, 0.15) is 26.7 Å². The van der Waals surface area contributed by atoms with Gasteiger partial charge in [0.1, 0.15) is 23.6 Å². The van der Waals surface area contributed by atoms with Crippen LogP contribution in [0.15, 0.2) is 22.9 Å². The van der Waals surface area contributed by atoms with Gasteiger partial charge in [-0.1, -0.05) is 12.2 Å². The highest BCUT2D eigenvalue weighted by Crippen LogP contribution is 2.28. The summed E-state index contributed by atoms with van der Waals surface area (Å²) in [7, 11) is -5.27. The van der Waals surface area contributed by atoms with Crippen LogP contribution < -0.4 is 0 Å². The van der Waals surface area contributed by atoms with E-state index < -0.39 is 28.6 Å². The Kier molecular flexibility index (Phi) is 9.06. The Hall–Kier alpha value is -2.21. The maximum absolute atomic E-state index is 11.6. The Morgan fingerprint density at radius 3 is 1.40 bits per heavy atom. The Morgan fingerprint density at radius 2 is 1.16 bits per heavy atom. The molecular formula is C16H24N2O5Si2. The summed E-state index contributed by atoms with van der Waals surface area (Å²) in [6, 6.07) is 3.49. The van der Waals surface area contributed by atoms with Crippen LogP contribution in [0, 0.1) is 22.7 Å². The van der Waals surface area contributed by atoms with Crippen LogP contribution in [0.5, 0.6) is 0 Å². The van der Waals surface area contributed by atoms with Gasteiger partial charge in [-0.15, -0.1) is 0 Å². The highest BCUT2D eigenvalue weighted by Gasteiger charge is 2.41. The molecule has 0 aromatic carbocycles. The van der Waals surface area contributed by atoms with Gasteiger partial charge in [-0.2, -0.15) is 10.5 Å². The molecule has 0 rings (SSSR count). The molecule has 0 aliphatic carbocycles. The zero-order chi connectivity index (χ0) is 19.7. The van der Waals surface area contributed by atoms with E-state index in [1.54, 1.807) is 38.1 Å². The SMILES string of the molecule is C/C=C(/OC(=O)CC#N)[Si](C)(C)O[Si](C)(C)/C(=C\C)OC(=O)CC#N. The molecule has 0 spiro atoms. The molecule has 0 aromatic rings. The molecule has 0 aromatic heterocycles. The van der Waals surface area contributed by atoms with Crippen molar-refractivity contribution in [2.75, 3.05) is 0 Å². The van der Waals surface area contributed by atoms with Crippen molar-refractivity contribution in [3.63, 3.8) is 0 Å². The molecule has 25 heavy (non-hydrogen) atoms. The first kappa shape index (κ1) is 22.8. The molecule has 0 aliphatic heterocycles. The van der Waals surface area contributed by atoms with Crippen LogP contribution in [-0.2, 0) is 23.2 Å². The average Bonchev–Trinajstić information content (AvgIpc) is 2.49. The van der Waals surface area contributed by atoms with Crippen molar-refractivity contribution in [2.45, 2.75) is 52.9 Å². The van der Waals surface area contributed by atoms with E-state index in [0.717, 1.165) is 0 Å². The Morgan fingerprint density at radius 1 is 0.840 bits per heavy atom. The van der Waals surface area contributed by atoms with E-state index in [1.165, 1.54) is 0 Å². The number of hydrogen-bond acceptors (Lipinski definition) is 7. The summed E-state index contributed by atoms with van der Waals surface area (Å²) >= 11 is 0. The molecule has 0 atom stereocenters. The molecule has 0 bridgehead atoms. The normalized spacial score (nSPS) is 12.8. The van der Waals surface area contributed by atoms with E-state index in [1.807, 2.05) is 26.2 Å². The summed E-state index contributed by atoms with van der Waals surface area (Å²) in [6.45, 7) is 10.9. The van der Waals surface area contributed by atoms with Gasteiger partial charge < -0.3 is 13.6 Å². The second kappa shape index (κ2) is 9.94. The number of ether oxygens (including phenoxy) is 2. The molecule has 0 aliphatic rings. The third-order valence-corrected chi connectivity index (χ3v) is 10.4. The highest BCUT2D eigenvalue weighted by atomic mass is 28.4. The van der Waals surface area contributed by atoms with Crippen LogP contribution in [0.3, 0.4) is 0 Å². The maximum atomic E-state index is 11.6. The number of carbonyl (C=O) groups is 2. The molecule has 0 heterocycles. The molecule has 0 unspecified atom stereocenters. The van der Waals surface area contributed by atoms with Gasteiger partial charge in [-0.3, -0.25) is 9.59 Å². The van der Waals surface area contributed by atoms with E-state index in [2.05, 4.69) is 0 Å². The quantitative estimate of drug-likeness (QED) is 0.361. The smallest absolute Gasteiger partial charge is 0.324 e. The minimum absolute atomic E-state index is 0.339. The molecular weight excluding hydrogens is 356 g/mol. The van der Waals surface area contributed by atoms with E-state index in [4.69, 9.17) is 24.1 Å². The van der Waals surface area contributed by atoms with E-state index in [-0.39, 0.29) is 12.8 Å². The van der Waals surface area contributed by atoms with Gasteiger partial charge >= 0.3 is 11.9 Å². The first-order valence-corrected chi connectivity index (χ1v) is 13.5. The first-order valence-electron chi connectivity index (χ1n) is 7.73. The molecule has 0 amide bonds. The highest BCUT2D eigenvalue weighted by molar-refractivity contribution is 6.91. The predicted molar refractivity (Wildman–Crippen MR) is 96.2 cm³/mol.